The molecule has 9 nitrogen and oxygen atoms in total. The Balaban J connectivity index is 1.45. The number of sulfonamides is 1. The summed E-state index contributed by atoms with van der Waals surface area (Å²) in [4.78, 5) is 0.713. The van der Waals surface area contributed by atoms with Crippen molar-refractivity contribution in [3.05, 3.63) is 35.1 Å². The Hall–Kier alpha value is -2.24. The SMILES string of the molecule is COc1cccc(OCc2nn3c(C4CCN(S(C)(=O)=O)CC4)nnc3s2)c1. The monoisotopic (exact) mass is 423 g/mol. The maximum absolute atomic E-state index is 11.7. The van der Waals surface area contributed by atoms with Gasteiger partial charge in [-0.2, -0.15) is 9.61 Å². The minimum absolute atomic E-state index is 0.141. The molecule has 0 bridgehead atoms. The number of hydrogen-bond acceptors (Lipinski definition) is 8. The summed E-state index contributed by atoms with van der Waals surface area (Å²) in [5.74, 6) is 2.37. The van der Waals surface area contributed by atoms with Crippen LogP contribution in [0, 0.1) is 0 Å². The maximum Gasteiger partial charge on any atom is 0.234 e. The van der Waals surface area contributed by atoms with E-state index in [2.05, 4.69) is 15.3 Å². The Kier molecular flexibility index (Phi) is 5.21. The van der Waals surface area contributed by atoms with Crippen LogP contribution in [0.25, 0.3) is 4.96 Å². The smallest absolute Gasteiger partial charge is 0.234 e. The number of piperidine rings is 1. The van der Waals surface area contributed by atoms with Gasteiger partial charge >= 0.3 is 0 Å². The van der Waals surface area contributed by atoms with Crippen LogP contribution in [0.5, 0.6) is 11.5 Å². The summed E-state index contributed by atoms with van der Waals surface area (Å²) >= 11 is 1.43. The summed E-state index contributed by atoms with van der Waals surface area (Å²) < 4.78 is 37.6. The molecule has 28 heavy (non-hydrogen) atoms. The lowest BCUT2D eigenvalue weighted by Gasteiger charge is -2.28. The molecule has 0 N–H and O–H groups in total. The molecule has 1 fully saturated rings. The molecular formula is C17H21N5O4S2. The fourth-order valence-electron chi connectivity index (χ4n) is 3.27. The summed E-state index contributed by atoms with van der Waals surface area (Å²) in [7, 11) is -1.53. The molecular weight excluding hydrogens is 402 g/mol. The van der Waals surface area contributed by atoms with Gasteiger partial charge in [0.25, 0.3) is 0 Å². The van der Waals surface area contributed by atoms with Crippen molar-refractivity contribution in [2.45, 2.75) is 25.4 Å². The standard InChI is InChI=1S/C17H21N5O4S2/c1-25-13-4-3-5-14(10-13)26-11-15-20-22-16(18-19-17(22)27-15)12-6-8-21(9-7-12)28(2,23)24/h3-5,10,12H,6-9,11H2,1-2H3. The Morgan fingerprint density at radius 3 is 2.68 bits per heavy atom. The summed E-state index contributed by atoms with van der Waals surface area (Å²) in [6, 6.07) is 7.41. The number of methoxy groups -OCH3 is 1. The van der Waals surface area contributed by atoms with Gasteiger partial charge in [0.15, 0.2) is 10.8 Å². The first-order valence-electron chi connectivity index (χ1n) is 8.87. The first-order valence-corrected chi connectivity index (χ1v) is 11.5. The topological polar surface area (TPSA) is 98.9 Å². The van der Waals surface area contributed by atoms with Crippen LogP contribution in [0.15, 0.2) is 24.3 Å². The highest BCUT2D eigenvalue weighted by molar-refractivity contribution is 7.88. The molecule has 1 aliphatic rings. The Bertz CT molecular complexity index is 1070. The zero-order valence-electron chi connectivity index (χ0n) is 15.6. The minimum Gasteiger partial charge on any atom is -0.497 e. The average molecular weight is 424 g/mol. The zero-order chi connectivity index (χ0) is 19.7. The molecule has 0 radical (unpaired) electrons. The maximum atomic E-state index is 11.7. The Morgan fingerprint density at radius 1 is 1.21 bits per heavy atom. The van der Waals surface area contributed by atoms with Crippen molar-refractivity contribution in [3.63, 3.8) is 0 Å². The van der Waals surface area contributed by atoms with E-state index < -0.39 is 10.0 Å². The first-order chi connectivity index (χ1) is 13.4. The summed E-state index contributed by atoms with van der Waals surface area (Å²) in [6.45, 7) is 1.32. The van der Waals surface area contributed by atoms with E-state index in [-0.39, 0.29) is 5.92 Å². The molecule has 11 heteroatoms. The van der Waals surface area contributed by atoms with Gasteiger partial charge in [-0.1, -0.05) is 17.4 Å². The number of nitrogens with zero attached hydrogens (tertiary/aromatic N) is 5. The van der Waals surface area contributed by atoms with Gasteiger partial charge < -0.3 is 9.47 Å². The molecule has 1 aromatic carbocycles. The van der Waals surface area contributed by atoms with Crippen molar-refractivity contribution in [2.24, 2.45) is 0 Å². The molecule has 0 atom stereocenters. The summed E-state index contributed by atoms with van der Waals surface area (Å²) in [5.41, 5.74) is 0. The van der Waals surface area contributed by atoms with E-state index in [1.54, 1.807) is 11.6 Å². The van der Waals surface area contributed by atoms with E-state index in [0.29, 0.717) is 43.2 Å². The van der Waals surface area contributed by atoms with Gasteiger partial charge in [-0.15, -0.1) is 10.2 Å². The fraction of sp³-hybridized carbons (Fsp3) is 0.471. The number of ether oxygens (including phenoxy) is 2. The van der Waals surface area contributed by atoms with E-state index in [0.717, 1.165) is 16.6 Å². The number of aromatic nitrogens is 4. The van der Waals surface area contributed by atoms with Crippen LogP contribution >= 0.6 is 11.3 Å². The third-order valence-electron chi connectivity index (χ3n) is 4.75. The van der Waals surface area contributed by atoms with Crippen LogP contribution in [0.2, 0.25) is 0 Å². The fourth-order valence-corrected chi connectivity index (χ4v) is 4.89. The van der Waals surface area contributed by atoms with Crippen molar-refractivity contribution in [1.29, 1.82) is 0 Å². The van der Waals surface area contributed by atoms with Gasteiger partial charge in [0.05, 0.1) is 13.4 Å². The van der Waals surface area contributed by atoms with Crippen molar-refractivity contribution in [2.75, 3.05) is 26.5 Å². The Morgan fingerprint density at radius 2 is 1.96 bits per heavy atom. The van der Waals surface area contributed by atoms with Crippen molar-refractivity contribution in [3.8, 4) is 11.5 Å². The largest absolute Gasteiger partial charge is 0.497 e. The van der Waals surface area contributed by atoms with E-state index >= 15 is 0 Å². The molecule has 0 aliphatic carbocycles. The number of fused-ring (bicyclic) bond motifs is 1. The van der Waals surface area contributed by atoms with Crippen molar-refractivity contribution < 1.29 is 17.9 Å². The molecule has 2 aromatic heterocycles. The van der Waals surface area contributed by atoms with Crippen molar-refractivity contribution in [1.82, 2.24) is 24.1 Å². The number of benzene rings is 1. The van der Waals surface area contributed by atoms with Gasteiger partial charge in [0, 0.05) is 25.1 Å². The highest BCUT2D eigenvalue weighted by Crippen LogP contribution is 2.29. The number of hydrogen-bond donors (Lipinski definition) is 0. The minimum atomic E-state index is -3.14. The van der Waals surface area contributed by atoms with Crippen LogP contribution < -0.4 is 9.47 Å². The van der Waals surface area contributed by atoms with Gasteiger partial charge in [0.2, 0.25) is 15.0 Å². The van der Waals surface area contributed by atoms with E-state index in [4.69, 9.17) is 9.47 Å². The zero-order valence-corrected chi connectivity index (χ0v) is 17.2. The molecule has 1 saturated heterocycles. The normalized spacial score (nSPS) is 16.5. The van der Waals surface area contributed by atoms with Crippen LogP contribution in [-0.2, 0) is 16.6 Å². The van der Waals surface area contributed by atoms with Gasteiger partial charge in [-0.3, -0.25) is 0 Å². The lowest BCUT2D eigenvalue weighted by Crippen LogP contribution is -2.37. The summed E-state index contributed by atoms with van der Waals surface area (Å²) in [6.07, 6.45) is 2.67. The second-order valence-electron chi connectivity index (χ2n) is 6.65. The lowest BCUT2D eigenvalue weighted by atomic mass is 9.97. The first kappa shape index (κ1) is 19.1. The lowest BCUT2D eigenvalue weighted by molar-refractivity contribution is 0.299. The van der Waals surface area contributed by atoms with Crippen LogP contribution in [0.3, 0.4) is 0 Å². The molecule has 0 spiro atoms. The van der Waals surface area contributed by atoms with Gasteiger partial charge in [0.1, 0.15) is 18.1 Å². The molecule has 150 valence electrons. The quantitative estimate of drug-likeness (QED) is 0.597. The molecule has 3 aromatic rings. The second kappa shape index (κ2) is 7.64. The predicted molar refractivity (Wildman–Crippen MR) is 104 cm³/mol. The van der Waals surface area contributed by atoms with Gasteiger partial charge in [-0.05, 0) is 25.0 Å². The van der Waals surface area contributed by atoms with E-state index in [1.165, 1.54) is 21.9 Å². The third kappa shape index (κ3) is 3.96. The molecule has 0 unspecified atom stereocenters. The van der Waals surface area contributed by atoms with Crippen molar-refractivity contribution >= 4 is 26.3 Å². The molecule has 0 amide bonds. The average Bonchev–Trinajstić information content (AvgIpc) is 3.26. The van der Waals surface area contributed by atoms with Crippen LogP contribution in [0.1, 0.15) is 29.6 Å². The third-order valence-corrected chi connectivity index (χ3v) is 6.92. The van der Waals surface area contributed by atoms with E-state index in [9.17, 15) is 8.42 Å². The predicted octanol–water partition coefficient (Wildman–Crippen LogP) is 1.91. The second-order valence-corrected chi connectivity index (χ2v) is 9.68. The highest BCUT2D eigenvalue weighted by Gasteiger charge is 2.29. The van der Waals surface area contributed by atoms with Crippen LogP contribution in [-0.4, -0.2) is 59.0 Å². The molecule has 1 aliphatic heterocycles. The van der Waals surface area contributed by atoms with Gasteiger partial charge in [-0.25, -0.2) is 12.7 Å². The van der Waals surface area contributed by atoms with E-state index in [1.807, 2.05) is 24.3 Å². The number of rotatable bonds is 6. The molecule has 3 heterocycles. The van der Waals surface area contributed by atoms with Crippen LogP contribution in [0.4, 0.5) is 0 Å². The molecule has 0 saturated carbocycles. The molecule has 4 rings (SSSR count). The Labute approximate surface area is 167 Å². The highest BCUT2D eigenvalue weighted by atomic mass is 32.2. The summed E-state index contributed by atoms with van der Waals surface area (Å²) in [5, 5.41) is 13.9.